The number of para-hydroxylation sites is 1. The topological polar surface area (TPSA) is 38.3 Å². The third kappa shape index (κ3) is 2.43. The van der Waals surface area contributed by atoms with Crippen LogP contribution < -0.4 is 10.1 Å². The summed E-state index contributed by atoms with van der Waals surface area (Å²) < 4.78 is 6.33. The normalized spacial score (nSPS) is 23.7. The van der Waals surface area contributed by atoms with E-state index < -0.39 is 0 Å². The summed E-state index contributed by atoms with van der Waals surface area (Å²) in [5.74, 6) is 0.734. The second-order valence-corrected chi connectivity index (χ2v) is 6.01. The molecule has 1 fully saturated rings. The number of thiocarbonyl (C=S) groups is 1. The van der Waals surface area contributed by atoms with Gasteiger partial charge in [-0.2, -0.15) is 0 Å². The molecule has 1 N–H and O–H groups in total. The van der Waals surface area contributed by atoms with Gasteiger partial charge in [-0.15, -0.1) is 0 Å². The highest BCUT2D eigenvalue weighted by Crippen LogP contribution is 2.32. The van der Waals surface area contributed by atoms with Crippen molar-refractivity contribution in [1.82, 2.24) is 5.32 Å². The molecule has 3 nitrogen and oxygen atoms in total. The Labute approximate surface area is 120 Å². The van der Waals surface area contributed by atoms with E-state index >= 15 is 0 Å². The molecule has 2 heterocycles. The first-order valence-electron chi connectivity index (χ1n) is 5.85. The third-order valence-corrected chi connectivity index (χ3v) is 4.12. The summed E-state index contributed by atoms with van der Waals surface area (Å²) in [6.45, 7) is 1.97. The molecule has 1 amide bonds. The van der Waals surface area contributed by atoms with Crippen LogP contribution in [0.1, 0.15) is 12.5 Å². The summed E-state index contributed by atoms with van der Waals surface area (Å²) in [4.78, 5) is 12.3. The molecule has 3 rings (SSSR count). The Hall–Kier alpha value is -1.59. The molecule has 1 saturated heterocycles. The van der Waals surface area contributed by atoms with Crippen molar-refractivity contribution in [2.45, 2.75) is 13.0 Å². The summed E-state index contributed by atoms with van der Waals surface area (Å²) in [5, 5.41) is 2.61. The third-order valence-electron chi connectivity index (χ3n) is 2.95. The number of thioether (sulfide) groups is 1. The van der Waals surface area contributed by atoms with Gasteiger partial charge < -0.3 is 10.1 Å². The van der Waals surface area contributed by atoms with Crippen molar-refractivity contribution in [1.29, 1.82) is 0 Å². The molecule has 0 bridgehead atoms. The van der Waals surface area contributed by atoms with E-state index in [1.807, 2.05) is 43.3 Å². The zero-order valence-corrected chi connectivity index (χ0v) is 11.8. The van der Waals surface area contributed by atoms with Gasteiger partial charge in [-0.3, -0.25) is 4.79 Å². The number of carbonyl (C=O) groups is 1. The quantitative estimate of drug-likeness (QED) is 0.637. The van der Waals surface area contributed by atoms with E-state index in [1.54, 1.807) is 0 Å². The molecule has 0 radical (unpaired) electrons. The fraction of sp³-hybridized carbons (Fsp3) is 0.143. The van der Waals surface area contributed by atoms with Gasteiger partial charge in [0.1, 0.15) is 16.2 Å². The van der Waals surface area contributed by atoms with Crippen LogP contribution in [-0.2, 0) is 4.79 Å². The van der Waals surface area contributed by atoms with Gasteiger partial charge in [-0.1, -0.05) is 42.2 Å². The molecule has 2 aliphatic heterocycles. The number of rotatable bonds is 1. The number of amides is 1. The lowest BCUT2D eigenvalue weighted by molar-refractivity contribution is -0.115. The van der Waals surface area contributed by atoms with Crippen molar-refractivity contribution >= 4 is 40.3 Å². The Morgan fingerprint density at radius 3 is 2.95 bits per heavy atom. The number of hydrogen-bond acceptors (Lipinski definition) is 4. The zero-order valence-electron chi connectivity index (χ0n) is 10.2. The first-order chi connectivity index (χ1) is 9.13. The first-order valence-corrected chi connectivity index (χ1v) is 7.08. The smallest absolute Gasteiger partial charge is 0.263 e. The lowest BCUT2D eigenvalue weighted by Crippen LogP contribution is -2.20. The van der Waals surface area contributed by atoms with E-state index in [2.05, 4.69) is 5.32 Å². The number of benzene rings is 1. The van der Waals surface area contributed by atoms with Gasteiger partial charge in [0.2, 0.25) is 0 Å². The van der Waals surface area contributed by atoms with E-state index in [0.717, 1.165) is 16.9 Å². The molecule has 1 atom stereocenters. The van der Waals surface area contributed by atoms with E-state index in [-0.39, 0.29) is 12.0 Å². The second kappa shape index (κ2) is 4.83. The van der Waals surface area contributed by atoms with Crippen molar-refractivity contribution in [2.24, 2.45) is 0 Å². The van der Waals surface area contributed by atoms with Crippen LogP contribution in [0, 0.1) is 0 Å². The van der Waals surface area contributed by atoms with Crippen LogP contribution in [0.5, 0.6) is 5.75 Å². The maximum atomic E-state index is 11.7. The van der Waals surface area contributed by atoms with Crippen molar-refractivity contribution in [3.63, 3.8) is 0 Å². The minimum absolute atomic E-state index is 0.0787. The fourth-order valence-electron chi connectivity index (χ4n) is 1.99. The largest absolute Gasteiger partial charge is 0.485 e. The number of carbonyl (C=O) groups excluding carboxylic acids is 1. The Bertz CT molecular complexity index is 634. The average Bonchev–Trinajstić information content (AvgIpc) is 2.69. The summed E-state index contributed by atoms with van der Waals surface area (Å²) in [7, 11) is 0. The highest BCUT2D eigenvalue weighted by atomic mass is 32.2. The molecule has 0 saturated carbocycles. The lowest BCUT2D eigenvalue weighted by atomic mass is 10.0. The van der Waals surface area contributed by atoms with Crippen LogP contribution in [0.25, 0.3) is 6.08 Å². The van der Waals surface area contributed by atoms with E-state index in [1.165, 1.54) is 11.8 Å². The van der Waals surface area contributed by atoms with Crippen molar-refractivity contribution in [2.75, 3.05) is 0 Å². The Morgan fingerprint density at radius 1 is 1.42 bits per heavy atom. The van der Waals surface area contributed by atoms with Gasteiger partial charge in [0.15, 0.2) is 0 Å². The summed E-state index contributed by atoms with van der Waals surface area (Å²) in [5.41, 5.74) is 2.00. The van der Waals surface area contributed by atoms with Gasteiger partial charge in [-0.25, -0.2) is 0 Å². The van der Waals surface area contributed by atoms with Crippen LogP contribution >= 0.6 is 24.0 Å². The Morgan fingerprint density at radius 2 is 2.21 bits per heavy atom. The maximum absolute atomic E-state index is 11.7. The van der Waals surface area contributed by atoms with Crippen LogP contribution in [0.3, 0.4) is 0 Å². The molecule has 0 aliphatic carbocycles. The first kappa shape index (κ1) is 12.4. The predicted octanol–water partition coefficient (Wildman–Crippen LogP) is 2.88. The molecular formula is C14H11NO2S2. The molecule has 0 spiro atoms. The number of fused-ring (bicyclic) bond motifs is 1. The molecule has 1 aromatic carbocycles. The van der Waals surface area contributed by atoms with Gasteiger partial charge in [0, 0.05) is 5.56 Å². The molecule has 2 aliphatic rings. The summed E-state index contributed by atoms with van der Waals surface area (Å²) in [6.07, 6.45) is 3.82. The van der Waals surface area contributed by atoms with Crippen LogP contribution in [0.15, 0.2) is 40.8 Å². The summed E-state index contributed by atoms with van der Waals surface area (Å²) in [6, 6.07) is 7.85. The van der Waals surface area contributed by atoms with Gasteiger partial charge >= 0.3 is 0 Å². The minimum atomic E-state index is -0.137. The van der Waals surface area contributed by atoms with E-state index in [9.17, 15) is 4.79 Å². The van der Waals surface area contributed by atoms with Crippen LogP contribution in [-0.4, -0.2) is 16.3 Å². The lowest BCUT2D eigenvalue weighted by Gasteiger charge is -2.22. The van der Waals surface area contributed by atoms with Crippen molar-refractivity contribution < 1.29 is 9.53 Å². The monoisotopic (exact) mass is 289 g/mol. The molecule has 5 heteroatoms. The Balaban J connectivity index is 1.97. The van der Waals surface area contributed by atoms with E-state index in [0.29, 0.717) is 9.23 Å². The molecular weight excluding hydrogens is 278 g/mol. The van der Waals surface area contributed by atoms with Crippen molar-refractivity contribution in [3.05, 3.63) is 46.4 Å². The molecule has 96 valence electrons. The predicted molar refractivity (Wildman–Crippen MR) is 80.9 cm³/mol. The SMILES string of the molecule is CC1Oc2ccccc2C=C1C=C1SC(=S)NC1=O. The molecule has 1 unspecified atom stereocenters. The zero-order chi connectivity index (χ0) is 13.4. The number of nitrogens with one attached hydrogen (secondary N) is 1. The molecule has 19 heavy (non-hydrogen) atoms. The van der Waals surface area contributed by atoms with Crippen LogP contribution in [0.2, 0.25) is 0 Å². The standard InChI is InChI=1S/C14H11NO2S2/c1-8-10(7-12-13(16)15-14(18)19-12)6-9-4-2-3-5-11(9)17-8/h2-8H,1H3,(H,15,16,18). The summed E-state index contributed by atoms with van der Waals surface area (Å²) >= 11 is 6.26. The fourth-order valence-corrected chi connectivity index (χ4v) is 3.04. The maximum Gasteiger partial charge on any atom is 0.263 e. The molecule has 1 aromatic rings. The van der Waals surface area contributed by atoms with E-state index in [4.69, 9.17) is 17.0 Å². The van der Waals surface area contributed by atoms with Gasteiger partial charge in [0.05, 0.1) is 4.91 Å². The van der Waals surface area contributed by atoms with Crippen molar-refractivity contribution in [3.8, 4) is 5.75 Å². The van der Waals surface area contributed by atoms with Gasteiger partial charge in [-0.05, 0) is 30.7 Å². The highest BCUT2D eigenvalue weighted by Gasteiger charge is 2.24. The second-order valence-electron chi connectivity index (χ2n) is 4.29. The highest BCUT2D eigenvalue weighted by molar-refractivity contribution is 8.26. The van der Waals surface area contributed by atoms with Crippen LogP contribution in [0.4, 0.5) is 0 Å². The minimum Gasteiger partial charge on any atom is -0.485 e. The van der Waals surface area contributed by atoms with Gasteiger partial charge in [0.25, 0.3) is 5.91 Å². The molecule has 0 aromatic heterocycles. The Kier molecular flexibility index (Phi) is 3.16. The number of hydrogen-bond donors (Lipinski definition) is 1. The number of ether oxygens (including phenoxy) is 1. The average molecular weight is 289 g/mol.